The van der Waals surface area contributed by atoms with Gasteiger partial charge in [-0.25, -0.2) is 0 Å². The van der Waals surface area contributed by atoms with Crippen molar-refractivity contribution < 1.29 is 9.59 Å². The monoisotopic (exact) mass is 385 g/mol. The predicted molar refractivity (Wildman–Crippen MR) is 107 cm³/mol. The van der Waals surface area contributed by atoms with E-state index >= 15 is 0 Å². The van der Waals surface area contributed by atoms with Gasteiger partial charge in [0.15, 0.2) is 0 Å². The van der Waals surface area contributed by atoms with E-state index in [1.54, 1.807) is 24.3 Å². The van der Waals surface area contributed by atoms with Crippen LogP contribution in [0.4, 0.5) is 0 Å². The van der Waals surface area contributed by atoms with Crippen molar-refractivity contribution >= 4 is 23.4 Å². The minimum absolute atomic E-state index is 0.0944. The first-order chi connectivity index (χ1) is 13.1. The summed E-state index contributed by atoms with van der Waals surface area (Å²) in [6.45, 7) is 1.74. The molecule has 142 valence electrons. The van der Waals surface area contributed by atoms with Crippen molar-refractivity contribution in [2.75, 3.05) is 13.1 Å². The highest BCUT2D eigenvalue weighted by Gasteiger charge is 2.25. The minimum Gasteiger partial charge on any atom is -0.350 e. The average molecular weight is 386 g/mol. The third-order valence-electron chi connectivity index (χ3n) is 4.65. The van der Waals surface area contributed by atoms with Crippen LogP contribution >= 0.6 is 11.6 Å². The second kappa shape index (κ2) is 9.53. The molecule has 3 N–H and O–H groups in total. The molecule has 1 aliphatic rings. The molecular weight excluding hydrogens is 362 g/mol. The fourth-order valence-corrected chi connectivity index (χ4v) is 3.30. The molecule has 1 fully saturated rings. The SMILES string of the molecule is O=C(N[C@H](Cc1ccccc1)C(=O)N[C@H]1CCCNC1)c1ccc(Cl)cc1. The van der Waals surface area contributed by atoms with E-state index in [4.69, 9.17) is 11.6 Å². The standard InChI is InChI=1S/C21H24ClN3O2/c22-17-10-8-16(9-11-17)20(26)25-19(13-15-5-2-1-3-6-15)21(27)24-18-7-4-12-23-14-18/h1-3,5-6,8-11,18-19,23H,4,7,12-14H2,(H,24,27)(H,25,26)/t18-,19+/m0/s1. The Hall–Kier alpha value is -2.37. The summed E-state index contributed by atoms with van der Waals surface area (Å²) in [5.74, 6) is -0.445. The van der Waals surface area contributed by atoms with Crippen molar-refractivity contribution in [3.8, 4) is 0 Å². The molecule has 2 atom stereocenters. The van der Waals surface area contributed by atoms with E-state index in [0.717, 1.165) is 31.5 Å². The Balaban J connectivity index is 1.70. The first kappa shape index (κ1) is 19.4. The maximum Gasteiger partial charge on any atom is 0.251 e. The van der Waals surface area contributed by atoms with E-state index in [-0.39, 0.29) is 17.9 Å². The quantitative estimate of drug-likeness (QED) is 0.715. The van der Waals surface area contributed by atoms with Crippen molar-refractivity contribution in [1.82, 2.24) is 16.0 Å². The summed E-state index contributed by atoms with van der Waals surface area (Å²) in [7, 11) is 0. The molecule has 0 saturated carbocycles. The van der Waals surface area contributed by atoms with E-state index < -0.39 is 6.04 Å². The van der Waals surface area contributed by atoms with Gasteiger partial charge < -0.3 is 16.0 Å². The van der Waals surface area contributed by atoms with Crippen molar-refractivity contribution in [3.63, 3.8) is 0 Å². The minimum atomic E-state index is -0.641. The number of hydrogen-bond acceptors (Lipinski definition) is 3. The van der Waals surface area contributed by atoms with E-state index in [1.165, 1.54) is 0 Å². The van der Waals surface area contributed by atoms with Gasteiger partial charge in [0.05, 0.1) is 0 Å². The molecule has 6 heteroatoms. The lowest BCUT2D eigenvalue weighted by atomic mass is 10.0. The maximum absolute atomic E-state index is 12.9. The number of hydrogen-bond donors (Lipinski definition) is 3. The second-order valence-electron chi connectivity index (χ2n) is 6.77. The van der Waals surface area contributed by atoms with Crippen LogP contribution in [0, 0.1) is 0 Å². The largest absolute Gasteiger partial charge is 0.350 e. The van der Waals surface area contributed by atoms with Gasteiger partial charge in [-0.1, -0.05) is 41.9 Å². The molecule has 0 radical (unpaired) electrons. The summed E-state index contributed by atoms with van der Waals surface area (Å²) in [6.07, 6.45) is 2.42. The van der Waals surface area contributed by atoms with E-state index in [1.807, 2.05) is 30.3 Å². The zero-order valence-corrected chi connectivity index (χ0v) is 15.8. The van der Waals surface area contributed by atoms with Crippen LogP contribution in [0.5, 0.6) is 0 Å². The lowest BCUT2D eigenvalue weighted by Crippen LogP contribution is -2.53. The Morgan fingerprint density at radius 3 is 2.52 bits per heavy atom. The summed E-state index contributed by atoms with van der Waals surface area (Å²) in [5.41, 5.74) is 1.47. The fraction of sp³-hybridized carbons (Fsp3) is 0.333. The number of carbonyl (C=O) groups is 2. The van der Waals surface area contributed by atoms with E-state index in [0.29, 0.717) is 17.0 Å². The number of piperidine rings is 1. The molecule has 2 aromatic rings. The number of nitrogens with one attached hydrogen (secondary N) is 3. The number of benzene rings is 2. The van der Waals surface area contributed by atoms with Gasteiger partial charge in [-0.2, -0.15) is 0 Å². The molecule has 0 aliphatic carbocycles. The predicted octanol–water partition coefficient (Wildman–Crippen LogP) is 2.55. The number of amides is 2. The summed E-state index contributed by atoms with van der Waals surface area (Å²) in [6, 6.07) is 15.8. The van der Waals surface area contributed by atoms with Gasteiger partial charge in [-0.15, -0.1) is 0 Å². The normalized spacial score (nSPS) is 17.7. The molecule has 1 saturated heterocycles. The number of rotatable bonds is 6. The van der Waals surface area contributed by atoms with Gasteiger partial charge in [0, 0.05) is 29.6 Å². The highest BCUT2D eigenvalue weighted by atomic mass is 35.5. The summed E-state index contributed by atoms with van der Waals surface area (Å²) >= 11 is 5.89. The van der Waals surface area contributed by atoms with Gasteiger partial charge in [0.1, 0.15) is 6.04 Å². The molecule has 0 aromatic heterocycles. The van der Waals surface area contributed by atoms with Gasteiger partial charge in [-0.3, -0.25) is 9.59 Å². The van der Waals surface area contributed by atoms with E-state index in [2.05, 4.69) is 16.0 Å². The Bertz CT molecular complexity index is 759. The zero-order chi connectivity index (χ0) is 19.1. The lowest BCUT2D eigenvalue weighted by molar-refractivity contribution is -0.123. The van der Waals surface area contributed by atoms with Crippen LogP contribution < -0.4 is 16.0 Å². The van der Waals surface area contributed by atoms with Crippen LogP contribution in [-0.4, -0.2) is 37.0 Å². The molecule has 5 nitrogen and oxygen atoms in total. The van der Waals surface area contributed by atoms with Crippen LogP contribution in [0.15, 0.2) is 54.6 Å². The third-order valence-corrected chi connectivity index (χ3v) is 4.91. The Labute approximate surface area is 164 Å². The molecule has 1 aliphatic heterocycles. The zero-order valence-electron chi connectivity index (χ0n) is 15.1. The number of carbonyl (C=O) groups excluding carboxylic acids is 2. The number of halogens is 1. The fourth-order valence-electron chi connectivity index (χ4n) is 3.18. The van der Waals surface area contributed by atoms with E-state index in [9.17, 15) is 9.59 Å². The molecule has 0 bridgehead atoms. The first-order valence-corrected chi connectivity index (χ1v) is 9.61. The molecule has 3 rings (SSSR count). The highest BCUT2D eigenvalue weighted by Crippen LogP contribution is 2.11. The van der Waals surface area contributed by atoms with Crippen LogP contribution in [0.3, 0.4) is 0 Å². The summed E-state index contributed by atoms with van der Waals surface area (Å²) < 4.78 is 0. The molecule has 1 heterocycles. The third kappa shape index (κ3) is 5.81. The molecule has 0 unspecified atom stereocenters. The topological polar surface area (TPSA) is 70.2 Å². The molecule has 2 aromatic carbocycles. The lowest BCUT2D eigenvalue weighted by Gasteiger charge is -2.26. The van der Waals surface area contributed by atoms with Crippen molar-refractivity contribution in [2.45, 2.75) is 31.3 Å². The highest BCUT2D eigenvalue weighted by molar-refractivity contribution is 6.30. The van der Waals surface area contributed by atoms with Gasteiger partial charge in [0.2, 0.25) is 5.91 Å². The Morgan fingerprint density at radius 2 is 1.85 bits per heavy atom. The second-order valence-corrected chi connectivity index (χ2v) is 7.21. The van der Waals surface area contributed by atoms with Gasteiger partial charge >= 0.3 is 0 Å². The summed E-state index contributed by atoms with van der Waals surface area (Å²) in [5, 5.41) is 9.79. The molecule has 27 heavy (non-hydrogen) atoms. The molecule has 0 spiro atoms. The molecule has 2 amide bonds. The smallest absolute Gasteiger partial charge is 0.251 e. The first-order valence-electron chi connectivity index (χ1n) is 9.23. The Kier molecular flexibility index (Phi) is 6.85. The summed E-state index contributed by atoms with van der Waals surface area (Å²) in [4.78, 5) is 25.5. The van der Waals surface area contributed by atoms with Crippen LogP contribution in [0.1, 0.15) is 28.8 Å². The van der Waals surface area contributed by atoms with Crippen LogP contribution in [0.25, 0.3) is 0 Å². The van der Waals surface area contributed by atoms with Gasteiger partial charge in [0.25, 0.3) is 5.91 Å². The average Bonchev–Trinajstić information content (AvgIpc) is 2.69. The van der Waals surface area contributed by atoms with Crippen LogP contribution in [0.2, 0.25) is 5.02 Å². The molecular formula is C21H24ClN3O2. The van der Waals surface area contributed by atoms with Crippen molar-refractivity contribution in [1.29, 1.82) is 0 Å². The van der Waals surface area contributed by atoms with Crippen LogP contribution in [-0.2, 0) is 11.2 Å². The van der Waals surface area contributed by atoms with Crippen molar-refractivity contribution in [3.05, 3.63) is 70.7 Å². The van der Waals surface area contributed by atoms with Gasteiger partial charge in [-0.05, 0) is 49.2 Å². The maximum atomic E-state index is 12.9. The Morgan fingerprint density at radius 1 is 1.11 bits per heavy atom. The van der Waals surface area contributed by atoms with Crippen molar-refractivity contribution in [2.24, 2.45) is 0 Å².